The highest BCUT2D eigenvalue weighted by atomic mass is 16.5. The number of carbonyl (C=O) groups is 2. The van der Waals surface area contributed by atoms with Crippen LogP contribution in [0.5, 0.6) is 0 Å². The Bertz CT molecular complexity index is 350. The molecule has 154 valence electrons. The molecule has 0 atom stereocenters. The maximum absolute atomic E-state index is 11.7. The van der Waals surface area contributed by atoms with Crippen LogP contribution >= 0.6 is 0 Å². The molecule has 7 heteroatoms. The van der Waals surface area contributed by atoms with Crippen molar-refractivity contribution in [2.45, 2.75) is 41.0 Å². The second-order valence-electron chi connectivity index (χ2n) is 6.96. The highest BCUT2D eigenvalue weighted by Crippen LogP contribution is 1.94. The van der Waals surface area contributed by atoms with Crippen molar-refractivity contribution >= 4 is 11.8 Å². The zero-order chi connectivity index (χ0) is 19.8. The van der Waals surface area contributed by atoms with Gasteiger partial charge in [-0.25, -0.2) is 0 Å². The minimum Gasteiger partial charge on any atom is -0.379 e. The van der Waals surface area contributed by atoms with Gasteiger partial charge in [-0.15, -0.1) is 0 Å². The first-order valence-electron chi connectivity index (χ1n) is 9.81. The number of hydrogen-bond donors (Lipinski definition) is 2. The predicted molar refractivity (Wildman–Crippen MR) is 104 cm³/mol. The quantitative estimate of drug-likeness (QED) is 0.398. The molecule has 0 bridgehead atoms. The summed E-state index contributed by atoms with van der Waals surface area (Å²) < 4.78 is 11.0. The van der Waals surface area contributed by atoms with Gasteiger partial charge >= 0.3 is 0 Å². The average Bonchev–Trinajstić information content (AvgIpc) is 2.59. The van der Waals surface area contributed by atoms with Gasteiger partial charge in [0.05, 0.1) is 19.8 Å². The zero-order valence-corrected chi connectivity index (χ0v) is 17.3. The first kappa shape index (κ1) is 24.8. The second-order valence-corrected chi connectivity index (χ2v) is 6.96. The van der Waals surface area contributed by atoms with Crippen molar-refractivity contribution in [1.29, 1.82) is 0 Å². The molecule has 0 aliphatic heterocycles. The topological polar surface area (TPSA) is 79.9 Å². The van der Waals surface area contributed by atoms with E-state index in [1.165, 1.54) is 0 Å². The smallest absolute Gasteiger partial charge is 0.222 e. The molecule has 0 unspecified atom stereocenters. The second kappa shape index (κ2) is 16.0. The summed E-state index contributed by atoms with van der Waals surface area (Å²) >= 11 is 0. The van der Waals surface area contributed by atoms with E-state index in [1.807, 2.05) is 27.7 Å². The van der Waals surface area contributed by atoms with Crippen molar-refractivity contribution in [1.82, 2.24) is 15.5 Å². The van der Waals surface area contributed by atoms with Crippen LogP contribution in [0, 0.1) is 11.8 Å². The molecule has 0 aromatic heterocycles. The van der Waals surface area contributed by atoms with Gasteiger partial charge in [0.2, 0.25) is 11.8 Å². The van der Waals surface area contributed by atoms with Crippen LogP contribution in [0.25, 0.3) is 0 Å². The third-order valence-electron chi connectivity index (χ3n) is 3.78. The van der Waals surface area contributed by atoms with Crippen LogP contribution < -0.4 is 10.6 Å². The number of hydrogen-bond acceptors (Lipinski definition) is 5. The molecule has 0 fully saturated rings. The number of amides is 2. The van der Waals surface area contributed by atoms with E-state index in [0.717, 1.165) is 32.7 Å². The Balaban J connectivity index is 4.10. The minimum absolute atomic E-state index is 0.0137. The van der Waals surface area contributed by atoms with Gasteiger partial charge in [-0.1, -0.05) is 34.6 Å². The van der Waals surface area contributed by atoms with Gasteiger partial charge in [0, 0.05) is 51.2 Å². The first-order chi connectivity index (χ1) is 12.4. The molecule has 0 aromatic rings. The summed E-state index contributed by atoms with van der Waals surface area (Å²) in [6.45, 7) is 15.5. The number of ether oxygens (including phenoxy) is 2. The number of nitrogens with zero attached hydrogens (tertiary/aromatic N) is 1. The Morgan fingerprint density at radius 2 is 1.23 bits per heavy atom. The van der Waals surface area contributed by atoms with E-state index < -0.39 is 0 Å². The number of carbonyl (C=O) groups excluding carboxylic acids is 2. The van der Waals surface area contributed by atoms with Crippen LogP contribution in [0.1, 0.15) is 41.0 Å². The van der Waals surface area contributed by atoms with Crippen molar-refractivity contribution < 1.29 is 19.1 Å². The molecule has 0 saturated heterocycles. The van der Waals surface area contributed by atoms with Crippen molar-refractivity contribution in [2.75, 3.05) is 59.2 Å². The van der Waals surface area contributed by atoms with E-state index in [4.69, 9.17) is 9.47 Å². The summed E-state index contributed by atoms with van der Waals surface area (Å²) in [5.41, 5.74) is 0. The third-order valence-corrected chi connectivity index (χ3v) is 3.78. The fourth-order valence-electron chi connectivity index (χ4n) is 2.08. The van der Waals surface area contributed by atoms with Crippen LogP contribution in [-0.2, 0) is 19.1 Å². The number of rotatable bonds is 16. The lowest BCUT2D eigenvalue weighted by atomic mass is 10.2. The molecule has 0 spiro atoms. The molecular weight excluding hydrogens is 334 g/mol. The van der Waals surface area contributed by atoms with Gasteiger partial charge in [-0.3, -0.25) is 14.5 Å². The van der Waals surface area contributed by atoms with Gasteiger partial charge in [0.25, 0.3) is 0 Å². The molecule has 0 aliphatic rings. The summed E-state index contributed by atoms with van der Waals surface area (Å²) in [7, 11) is 0. The summed E-state index contributed by atoms with van der Waals surface area (Å²) in [4.78, 5) is 25.5. The zero-order valence-electron chi connectivity index (χ0n) is 17.3. The average molecular weight is 374 g/mol. The number of nitrogens with one attached hydrogen (secondary N) is 2. The Kier molecular flexibility index (Phi) is 15.3. The first-order valence-corrected chi connectivity index (χ1v) is 9.81. The van der Waals surface area contributed by atoms with E-state index in [1.54, 1.807) is 0 Å². The van der Waals surface area contributed by atoms with Gasteiger partial charge in [-0.05, 0) is 6.42 Å². The van der Waals surface area contributed by atoms with Crippen molar-refractivity contribution in [3.63, 3.8) is 0 Å². The van der Waals surface area contributed by atoms with Gasteiger partial charge in [0.15, 0.2) is 0 Å². The highest BCUT2D eigenvalue weighted by Gasteiger charge is 2.10. The minimum atomic E-state index is -0.0137. The van der Waals surface area contributed by atoms with Crippen LogP contribution in [0.3, 0.4) is 0 Å². The van der Waals surface area contributed by atoms with Crippen molar-refractivity contribution in [2.24, 2.45) is 11.8 Å². The largest absolute Gasteiger partial charge is 0.379 e. The van der Waals surface area contributed by atoms with Crippen LogP contribution in [-0.4, -0.2) is 75.9 Å². The van der Waals surface area contributed by atoms with Crippen LogP contribution in [0.15, 0.2) is 0 Å². The third kappa shape index (κ3) is 14.0. The summed E-state index contributed by atoms with van der Waals surface area (Å²) in [6.07, 6.45) is 1.01. The van der Waals surface area contributed by atoms with Crippen LogP contribution in [0.2, 0.25) is 0 Å². The molecule has 2 amide bonds. The summed E-state index contributed by atoms with van der Waals surface area (Å²) in [5, 5.41) is 5.85. The Morgan fingerprint density at radius 3 is 1.65 bits per heavy atom. The van der Waals surface area contributed by atoms with Gasteiger partial charge in [0.1, 0.15) is 0 Å². The fraction of sp³-hybridized carbons (Fsp3) is 0.895. The Morgan fingerprint density at radius 1 is 0.769 bits per heavy atom. The van der Waals surface area contributed by atoms with E-state index in [2.05, 4.69) is 22.5 Å². The normalized spacial score (nSPS) is 11.4. The fourth-order valence-corrected chi connectivity index (χ4v) is 2.08. The standard InChI is InChI=1S/C19H39N3O4/c1-6-12-25-14-15-26-13-11-22(9-7-20-18(23)16(2)3)10-8-21-19(24)17(4)5/h16-17H,6-15H2,1-5H3,(H,20,23)(H,21,24). The molecule has 0 saturated carbocycles. The molecule has 7 nitrogen and oxygen atoms in total. The molecule has 0 aromatic carbocycles. The molecule has 0 heterocycles. The van der Waals surface area contributed by atoms with Crippen molar-refractivity contribution in [3.05, 3.63) is 0 Å². The van der Waals surface area contributed by atoms with Gasteiger partial charge in [-0.2, -0.15) is 0 Å². The Labute approximate surface area is 159 Å². The SMILES string of the molecule is CCCOCCOCCN(CCNC(=O)C(C)C)CCNC(=O)C(C)C. The monoisotopic (exact) mass is 373 g/mol. The lowest BCUT2D eigenvalue weighted by Crippen LogP contribution is -2.42. The van der Waals surface area contributed by atoms with E-state index in [0.29, 0.717) is 32.9 Å². The molecule has 2 N–H and O–H groups in total. The lowest BCUT2D eigenvalue weighted by molar-refractivity contribution is -0.124. The molecular formula is C19H39N3O4. The maximum Gasteiger partial charge on any atom is 0.222 e. The molecule has 0 rings (SSSR count). The maximum atomic E-state index is 11.7. The molecule has 0 aliphatic carbocycles. The predicted octanol–water partition coefficient (Wildman–Crippen LogP) is 1.28. The highest BCUT2D eigenvalue weighted by molar-refractivity contribution is 5.78. The van der Waals surface area contributed by atoms with E-state index in [9.17, 15) is 9.59 Å². The van der Waals surface area contributed by atoms with Crippen molar-refractivity contribution in [3.8, 4) is 0 Å². The van der Waals surface area contributed by atoms with E-state index in [-0.39, 0.29) is 23.7 Å². The Hall–Kier alpha value is -1.18. The summed E-state index contributed by atoms with van der Waals surface area (Å²) in [5.74, 6) is 0.0882. The summed E-state index contributed by atoms with van der Waals surface area (Å²) in [6, 6.07) is 0. The van der Waals surface area contributed by atoms with E-state index >= 15 is 0 Å². The van der Waals surface area contributed by atoms with Gasteiger partial charge < -0.3 is 20.1 Å². The lowest BCUT2D eigenvalue weighted by Gasteiger charge is -2.23. The molecule has 0 radical (unpaired) electrons. The van der Waals surface area contributed by atoms with Crippen LogP contribution in [0.4, 0.5) is 0 Å². The molecule has 26 heavy (non-hydrogen) atoms.